The van der Waals surface area contributed by atoms with E-state index < -0.39 is 22.8 Å². The van der Waals surface area contributed by atoms with Gasteiger partial charge in [-0.15, -0.1) is 0 Å². The van der Waals surface area contributed by atoms with Crippen LogP contribution in [-0.2, 0) is 4.79 Å². The number of halogens is 2. The summed E-state index contributed by atoms with van der Waals surface area (Å²) < 4.78 is 32.3. The highest BCUT2D eigenvalue weighted by atomic mass is 32.2. The van der Waals surface area contributed by atoms with Crippen molar-refractivity contribution < 1.29 is 18.0 Å². The molecule has 0 fully saturated rings. The third kappa shape index (κ3) is 4.12. The molecule has 29 heavy (non-hydrogen) atoms. The molecule has 4 rings (SSSR count). The zero-order chi connectivity index (χ0) is 20.4. The van der Waals surface area contributed by atoms with Crippen LogP contribution in [0.15, 0.2) is 70.3 Å². The third-order valence-corrected chi connectivity index (χ3v) is 5.26. The number of anilines is 1. The van der Waals surface area contributed by atoms with E-state index in [4.69, 9.17) is 4.42 Å². The summed E-state index contributed by atoms with van der Waals surface area (Å²) in [6, 6.07) is 13.9. The number of nitrogens with one attached hydrogen (secondary N) is 1. The van der Waals surface area contributed by atoms with E-state index >= 15 is 0 Å². The predicted molar refractivity (Wildman–Crippen MR) is 108 cm³/mol. The van der Waals surface area contributed by atoms with E-state index in [2.05, 4.69) is 15.3 Å². The number of benzene rings is 2. The van der Waals surface area contributed by atoms with Crippen molar-refractivity contribution in [3.05, 3.63) is 72.5 Å². The third-order valence-electron chi connectivity index (χ3n) is 4.16. The molecule has 0 saturated heterocycles. The predicted octanol–water partition coefficient (Wildman–Crippen LogP) is 5.29. The van der Waals surface area contributed by atoms with Crippen LogP contribution in [-0.4, -0.2) is 21.1 Å². The van der Waals surface area contributed by atoms with Crippen molar-refractivity contribution in [1.82, 2.24) is 9.97 Å². The van der Waals surface area contributed by atoms with Gasteiger partial charge in [0.15, 0.2) is 11.6 Å². The molecule has 2 aromatic heterocycles. The lowest BCUT2D eigenvalue weighted by Crippen LogP contribution is -2.23. The van der Waals surface area contributed by atoms with Crippen LogP contribution in [0.3, 0.4) is 0 Å². The number of carbonyl (C=O) groups excluding carboxylic acids is 1. The maximum Gasteiger partial charge on any atom is 0.237 e. The Hall–Kier alpha value is -3.26. The second-order valence-electron chi connectivity index (χ2n) is 6.22. The number of nitrogens with zero attached hydrogens (tertiary/aromatic N) is 2. The number of hydrogen-bond acceptors (Lipinski definition) is 5. The Morgan fingerprint density at radius 3 is 2.69 bits per heavy atom. The standard InChI is InChI=1S/C21H15F2N3O2S/c1-12(20(27)25-17-9-8-13(22)11-15(17)23)29-21-14-5-2-3-6-16(14)24-19(26-21)18-7-4-10-28-18/h2-12H,1H3,(H,25,27)/t12-/m1/s1. The van der Waals surface area contributed by atoms with Gasteiger partial charge in [-0.3, -0.25) is 4.79 Å². The molecule has 0 aliphatic rings. The molecule has 0 unspecified atom stereocenters. The summed E-state index contributed by atoms with van der Waals surface area (Å²) in [5, 5.41) is 3.28. The summed E-state index contributed by atoms with van der Waals surface area (Å²) in [5.74, 6) is -1.04. The summed E-state index contributed by atoms with van der Waals surface area (Å²) in [6.07, 6.45) is 1.54. The van der Waals surface area contributed by atoms with E-state index in [-0.39, 0.29) is 5.69 Å². The maximum absolute atomic E-state index is 13.8. The van der Waals surface area contributed by atoms with Crippen LogP contribution in [0.2, 0.25) is 0 Å². The number of para-hydroxylation sites is 1. The van der Waals surface area contributed by atoms with Crippen LogP contribution in [0, 0.1) is 11.6 Å². The summed E-state index contributed by atoms with van der Waals surface area (Å²) in [4.78, 5) is 21.6. The van der Waals surface area contributed by atoms with Crippen molar-refractivity contribution in [3.63, 3.8) is 0 Å². The van der Waals surface area contributed by atoms with Gasteiger partial charge in [0.05, 0.1) is 22.7 Å². The zero-order valence-electron chi connectivity index (χ0n) is 15.2. The number of carbonyl (C=O) groups is 1. The van der Waals surface area contributed by atoms with E-state index in [0.717, 1.165) is 17.5 Å². The molecule has 0 radical (unpaired) electrons. The van der Waals surface area contributed by atoms with E-state index in [1.54, 1.807) is 19.1 Å². The SMILES string of the molecule is C[C@@H](Sc1nc(-c2ccco2)nc2ccccc12)C(=O)Nc1ccc(F)cc1F. The van der Waals surface area contributed by atoms with Gasteiger partial charge in [-0.2, -0.15) is 0 Å². The lowest BCUT2D eigenvalue weighted by molar-refractivity contribution is -0.115. The van der Waals surface area contributed by atoms with Crippen LogP contribution in [0.25, 0.3) is 22.5 Å². The van der Waals surface area contributed by atoms with Gasteiger partial charge < -0.3 is 9.73 Å². The number of aromatic nitrogens is 2. The van der Waals surface area contributed by atoms with Crippen molar-refractivity contribution in [3.8, 4) is 11.6 Å². The molecule has 2 aromatic carbocycles. The van der Waals surface area contributed by atoms with Gasteiger partial charge in [0.2, 0.25) is 5.91 Å². The molecule has 0 saturated carbocycles. The Bertz CT molecular complexity index is 1180. The zero-order valence-corrected chi connectivity index (χ0v) is 16.0. The highest BCUT2D eigenvalue weighted by molar-refractivity contribution is 8.00. The summed E-state index contributed by atoms with van der Waals surface area (Å²) in [6.45, 7) is 1.69. The first kappa shape index (κ1) is 19.1. The Labute approximate surface area is 169 Å². The Morgan fingerprint density at radius 2 is 1.93 bits per heavy atom. The summed E-state index contributed by atoms with van der Waals surface area (Å²) in [7, 11) is 0. The highest BCUT2D eigenvalue weighted by Gasteiger charge is 2.20. The smallest absolute Gasteiger partial charge is 0.237 e. The highest BCUT2D eigenvalue weighted by Crippen LogP contribution is 2.31. The molecule has 0 spiro atoms. The first-order chi connectivity index (χ1) is 14.0. The number of hydrogen-bond donors (Lipinski definition) is 1. The average Bonchev–Trinajstić information content (AvgIpc) is 3.25. The van der Waals surface area contributed by atoms with Crippen molar-refractivity contribution in [1.29, 1.82) is 0 Å². The quantitative estimate of drug-likeness (QED) is 0.357. The second-order valence-corrected chi connectivity index (χ2v) is 7.55. The van der Waals surface area contributed by atoms with Gasteiger partial charge in [-0.25, -0.2) is 18.7 Å². The molecule has 5 nitrogen and oxygen atoms in total. The van der Waals surface area contributed by atoms with Gasteiger partial charge >= 0.3 is 0 Å². The van der Waals surface area contributed by atoms with E-state index in [1.807, 2.05) is 24.3 Å². The van der Waals surface area contributed by atoms with Crippen LogP contribution < -0.4 is 5.32 Å². The minimum atomic E-state index is -0.830. The second kappa shape index (κ2) is 8.00. The van der Waals surface area contributed by atoms with Gasteiger partial charge in [-0.05, 0) is 37.3 Å². The molecule has 1 amide bonds. The molecular formula is C21H15F2N3O2S. The van der Waals surface area contributed by atoms with Crippen LogP contribution in [0.4, 0.5) is 14.5 Å². The molecule has 146 valence electrons. The summed E-state index contributed by atoms with van der Waals surface area (Å²) >= 11 is 1.22. The summed E-state index contributed by atoms with van der Waals surface area (Å²) in [5.41, 5.74) is 0.640. The molecule has 4 aromatic rings. The van der Waals surface area contributed by atoms with Gasteiger partial charge in [-0.1, -0.05) is 30.0 Å². The Kier molecular flexibility index (Phi) is 5.26. The van der Waals surface area contributed by atoms with Gasteiger partial charge in [0, 0.05) is 11.5 Å². The van der Waals surface area contributed by atoms with E-state index in [9.17, 15) is 13.6 Å². The van der Waals surface area contributed by atoms with Crippen molar-refractivity contribution in [2.75, 3.05) is 5.32 Å². The average molecular weight is 411 g/mol. The largest absolute Gasteiger partial charge is 0.461 e. The minimum Gasteiger partial charge on any atom is -0.461 e. The lowest BCUT2D eigenvalue weighted by atomic mass is 10.2. The van der Waals surface area contributed by atoms with Crippen molar-refractivity contribution >= 4 is 34.3 Å². The maximum atomic E-state index is 13.8. The van der Waals surface area contributed by atoms with Crippen molar-refractivity contribution in [2.45, 2.75) is 17.2 Å². The molecule has 1 N–H and O–H groups in total. The molecule has 1 atom stereocenters. The van der Waals surface area contributed by atoms with Crippen LogP contribution in [0.5, 0.6) is 0 Å². The van der Waals surface area contributed by atoms with E-state index in [0.29, 0.717) is 22.1 Å². The fraction of sp³-hybridized carbons (Fsp3) is 0.0952. The van der Waals surface area contributed by atoms with Crippen molar-refractivity contribution in [2.24, 2.45) is 0 Å². The molecule has 2 heterocycles. The fourth-order valence-corrected chi connectivity index (χ4v) is 3.64. The van der Waals surface area contributed by atoms with E-state index in [1.165, 1.54) is 24.1 Å². The fourth-order valence-electron chi connectivity index (χ4n) is 2.70. The van der Waals surface area contributed by atoms with Crippen LogP contribution >= 0.6 is 11.8 Å². The number of fused-ring (bicyclic) bond motifs is 1. The molecule has 8 heteroatoms. The normalized spacial score (nSPS) is 12.1. The number of amides is 1. The van der Waals surface area contributed by atoms with Gasteiger partial charge in [0.25, 0.3) is 0 Å². The Balaban J connectivity index is 1.61. The number of thioether (sulfide) groups is 1. The first-order valence-corrected chi connectivity index (χ1v) is 9.62. The Morgan fingerprint density at radius 1 is 1.10 bits per heavy atom. The number of furan rings is 1. The number of rotatable bonds is 5. The molecular weight excluding hydrogens is 396 g/mol. The van der Waals surface area contributed by atoms with Gasteiger partial charge in [0.1, 0.15) is 16.7 Å². The molecule has 0 aliphatic carbocycles. The molecule has 0 aliphatic heterocycles. The van der Waals surface area contributed by atoms with Crippen LogP contribution in [0.1, 0.15) is 6.92 Å². The topological polar surface area (TPSA) is 68.0 Å². The minimum absolute atomic E-state index is 0.0762. The molecule has 0 bridgehead atoms. The first-order valence-electron chi connectivity index (χ1n) is 8.74. The lowest BCUT2D eigenvalue weighted by Gasteiger charge is -2.14. The monoisotopic (exact) mass is 411 g/mol.